The molecule has 1 aromatic rings. The van der Waals surface area contributed by atoms with E-state index in [1.165, 1.54) is 77.0 Å². The van der Waals surface area contributed by atoms with Gasteiger partial charge in [-0.05, 0) is 110 Å². The normalized spacial score (nSPS) is 25.9. The van der Waals surface area contributed by atoms with Crippen molar-refractivity contribution >= 4 is 33.7 Å². The Bertz CT molecular complexity index is 730. The average molecular weight is 660 g/mol. The molecule has 0 saturated carbocycles. The summed E-state index contributed by atoms with van der Waals surface area (Å²) in [6, 6.07) is 9.79. The Labute approximate surface area is 245 Å². The predicted molar refractivity (Wildman–Crippen MR) is 161 cm³/mol. The summed E-state index contributed by atoms with van der Waals surface area (Å²) in [6.45, 7) is 9.74. The minimum atomic E-state index is -6.00. The average Bonchev–Trinajstić information content (AvgIpc) is 3.46. The second-order valence-electron chi connectivity index (χ2n) is 10.3. The maximum Gasteiger partial charge on any atom is 0.673 e. The van der Waals surface area contributed by atoms with Crippen molar-refractivity contribution in [2.24, 2.45) is 0 Å². The topological polar surface area (TPSA) is 0 Å². The fourth-order valence-electron chi connectivity index (χ4n) is 6.07. The van der Waals surface area contributed by atoms with Crippen LogP contribution < -0.4 is 10.6 Å². The fraction of sp³-hybridized carbons (Fsp3) is 0.667. The van der Waals surface area contributed by atoms with E-state index < -0.39 is 7.25 Å². The smallest absolute Gasteiger partial charge is 0.418 e. The number of benzene rings is 1. The zero-order valence-electron chi connectivity index (χ0n) is 23.7. The summed E-state index contributed by atoms with van der Waals surface area (Å²) in [4.78, 5) is 0. The molecule has 1 radical (unpaired) electrons. The molecule has 4 rings (SSSR count). The molecule has 3 aliphatic rings. The largest absolute Gasteiger partial charge is 0.673 e. The van der Waals surface area contributed by atoms with E-state index in [4.69, 9.17) is 0 Å². The van der Waals surface area contributed by atoms with Crippen LogP contribution in [0.15, 0.2) is 48.6 Å². The van der Waals surface area contributed by atoms with Crippen LogP contribution in [0.2, 0.25) is 0 Å². The van der Waals surface area contributed by atoms with Crippen molar-refractivity contribution in [3.8, 4) is 0 Å². The molecule has 38 heavy (non-hydrogen) atoms. The molecule has 1 aliphatic carbocycles. The van der Waals surface area contributed by atoms with Gasteiger partial charge in [0.05, 0.1) is 0 Å². The maximum absolute atomic E-state index is 9.75. The summed E-state index contributed by atoms with van der Waals surface area (Å²) in [7, 11) is -5.87. The molecule has 0 unspecified atom stereocenters. The molecule has 219 valence electrons. The summed E-state index contributed by atoms with van der Waals surface area (Å²) in [5.74, 6) is 0. The molecule has 2 fully saturated rings. The Morgan fingerprint density at radius 1 is 0.579 bits per heavy atom. The van der Waals surface area contributed by atoms with Gasteiger partial charge in [-0.1, -0.05) is 92.1 Å². The molecule has 0 amide bonds. The summed E-state index contributed by atoms with van der Waals surface area (Å²) in [6.07, 6.45) is 25.5. The van der Waals surface area contributed by atoms with E-state index in [1.54, 1.807) is 0 Å². The van der Waals surface area contributed by atoms with Crippen LogP contribution >= 0.6 is 15.8 Å². The van der Waals surface area contributed by atoms with Crippen LogP contribution in [0.25, 0.3) is 0 Å². The SMILES string of the molecule is C1=CCCC=CCC1.CC[C@H]1CC[C@H](CC)P1c1ccccc1P1[C@@H](CC)CC[C@@H]1CC.F[B-](F)(F)F.[Rh]. The second kappa shape index (κ2) is 19.2. The molecule has 0 aromatic heterocycles. The van der Waals surface area contributed by atoms with E-state index in [-0.39, 0.29) is 35.3 Å². The van der Waals surface area contributed by atoms with Gasteiger partial charge in [-0.25, -0.2) is 0 Å². The number of halogens is 4. The van der Waals surface area contributed by atoms with Crippen LogP contribution in [0.5, 0.6) is 0 Å². The maximum atomic E-state index is 9.75. The summed E-state index contributed by atoms with van der Waals surface area (Å²) < 4.78 is 39.0. The molecule has 2 aliphatic heterocycles. The van der Waals surface area contributed by atoms with Crippen molar-refractivity contribution < 1.29 is 36.7 Å². The molecule has 0 nitrogen and oxygen atoms in total. The molecule has 0 N–H and O–H groups in total. The Kier molecular flexibility index (Phi) is 18.1. The van der Waals surface area contributed by atoms with Gasteiger partial charge in [0.2, 0.25) is 0 Å². The van der Waals surface area contributed by atoms with Gasteiger partial charge in [0.25, 0.3) is 0 Å². The summed E-state index contributed by atoms with van der Waals surface area (Å²) in [5.41, 5.74) is 3.96. The van der Waals surface area contributed by atoms with E-state index in [0.29, 0.717) is 0 Å². The fourth-order valence-corrected chi connectivity index (χ4v) is 14.0. The quantitative estimate of drug-likeness (QED) is 0.123. The van der Waals surface area contributed by atoms with Gasteiger partial charge >= 0.3 is 7.25 Å². The molecule has 0 bridgehead atoms. The third kappa shape index (κ3) is 11.8. The van der Waals surface area contributed by atoms with Gasteiger partial charge < -0.3 is 17.3 Å². The number of allylic oxidation sites excluding steroid dienone is 4. The Morgan fingerprint density at radius 3 is 1.03 bits per heavy atom. The predicted octanol–water partition coefficient (Wildman–Crippen LogP) is 10.6. The zero-order valence-corrected chi connectivity index (χ0v) is 27.2. The molecule has 8 heteroatoms. The van der Waals surface area contributed by atoms with Gasteiger partial charge in [-0.3, -0.25) is 0 Å². The summed E-state index contributed by atoms with van der Waals surface area (Å²) in [5, 5.41) is 3.68. The first-order valence-electron chi connectivity index (χ1n) is 14.6. The minimum absolute atomic E-state index is 0. The number of hydrogen-bond donors (Lipinski definition) is 0. The van der Waals surface area contributed by atoms with Crippen LogP contribution in [-0.2, 0) is 19.5 Å². The van der Waals surface area contributed by atoms with Crippen molar-refractivity contribution in [2.45, 2.75) is 127 Å². The van der Waals surface area contributed by atoms with Gasteiger partial charge in [-0.2, -0.15) is 0 Å². The first-order valence-corrected chi connectivity index (χ1v) is 17.5. The van der Waals surface area contributed by atoms with Crippen molar-refractivity contribution in [1.82, 2.24) is 0 Å². The van der Waals surface area contributed by atoms with Gasteiger partial charge in [0.15, 0.2) is 0 Å². The number of hydrogen-bond acceptors (Lipinski definition) is 0. The third-order valence-corrected chi connectivity index (χ3v) is 15.6. The molecular weight excluding hydrogens is 612 g/mol. The molecule has 1 aromatic carbocycles. The van der Waals surface area contributed by atoms with Crippen LogP contribution in [0.3, 0.4) is 0 Å². The number of rotatable bonds is 6. The zero-order chi connectivity index (χ0) is 27.3. The molecule has 2 saturated heterocycles. The molecular formula is C30H48BF4P2Rh-. The van der Waals surface area contributed by atoms with Gasteiger partial charge in [0.1, 0.15) is 0 Å². The van der Waals surface area contributed by atoms with Crippen LogP contribution in [-0.4, -0.2) is 29.9 Å². The van der Waals surface area contributed by atoms with Crippen molar-refractivity contribution in [2.75, 3.05) is 0 Å². The second-order valence-corrected chi connectivity index (χ2v) is 15.8. The van der Waals surface area contributed by atoms with Crippen LogP contribution in [0.1, 0.15) is 105 Å². The van der Waals surface area contributed by atoms with E-state index in [2.05, 4.69) is 76.3 Å². The Morgan fingerprint density at radius 2 is 0.816 bits per heavy atom. The van der Waals surface area contributed by atoms with E-state index in [1.807, 2.05) is 10.6 Å². The van der Waals surface area contributed by atoms with Crippen LogP contribution in [0.4, 0.5) is 17.3 Å². The van der Waals surface area contributed by atoms with Crippen molar-refractivity contribution in [1.29, 1.82) is 0 Å². The molecule has 2 heterocycles. The Balaban J connectivity index is 0.000000427. The molecule has 0 spiro atoms. The first-order chi connectivity index (χ1) is 17.7. The first kappa shape index (κ1) is 36.0. The van der Waals surface area contributed by atoms with Gasteiger partial charge in [0, 0.05) is 19.5 Å². The van der Waals surface area contributed by atoms with E-state index >= 15 is 0 Å². The van der Waals surface area contributed by atoms with Gasteiger partial charge in [-0.15, -0.1) is 0 Å². The van der Waals surface area contributed by atoms with Crippen molar-refractivity contribution in [3.63, 3.8) is 0 Å². The van der Waals surface area contributed by atoms with E-state index in [9.17, 15) is 17.3 Å². The molecule has 4 atom stereocenters. The summed E-state index contributed by atoms with van der Waals surface area (Å²) >= 11 is 0. The van der Waals surface area contributed by atoms with Crippen LogP contribution in [0, 0.1) is 0 Å². The monoisotopic (exact) mass is 660 g/mol. The minimum Gasteiger partial charge on any atom is -0.418 e. The standard InChI is InChI=1S/C22H36P2.C8H12.BF4.Rh/c1-5-17-13-14-18(6-2)23(17)21-11-9-10-12-22(21)24-19(7-3)15-16-20(24)8-4;1-2-4-6-8-7-5-3-1;2-1(3,4)5;/h9-12,17-20H,5-8,13-16H2,1-4H3;1-2,7-8H,3-6H2;;/q;;-1;/t17-,18-,19-,20-;;;/m0.../s1. The Hall–Kier alpha value is -0.0317. The van der Waals surface area contributed by atoms with E-state index in [0.717, 1.165) is 22.6 Å². The third-order valence-electron chi connectivity index (χ3n) is 7.90. The van der Waals surface area contributed by atoms with Crippen molar-refractivity contribution in [3.05, 3.63) is 48.6 Å².